The maximum Gasteiger partial charge on any atom is 0.296 e. The number of carbonyl (C=O) groups is 1. The molecule has 0 fully saturated rings. The number of aryl methyl sites for hydroxylation is 1. The van der Waals surface area contributed by atoms with Crippen molar-refractivity contribution in [1.82, 2.24) is 24.5 Å². The Balaban J connectivity index is 1.57. The summed E-state index contributed by atoms with van der Waals surface area (Å²) in [7, 11) is 0. The number of para-hydroxylation sites is 1. The van der Waals surface area contributed by atoms with Crippen LogP contribution in [0.2, 0.25) is 0 Å². The molecule has 152 valence electrons. The van der Waals surface area contributed by atoms with Crippen LogP contribution >= 0.6 is 0 Å². The summed E-state index contributed by atoms with van der Waals surface area (Å²) < 4.78 is 3.47. The molecule has 0 aliphatic rings. The van der Waals surface area contributed by atoms with E-state index in [0.717, 1.165) is 16.8 Å². The third-order valence-electron chi connectivity index (χ3n) is 4.89. The van der Waals surface area contributed by atoms with Crippen molar-refractivity contribution in [2.45, 2.75) is 33.2 Å². The summed E-state index contributed by atoms with van der Waals surface area (Å²) in [6.07, 6.45) is 1.66. The zero-order valence-electron chi connectivity index (χ0n) is 17.3. The molecular formula is C23H24N6O. The molecule has 0 unspecified atom stereocenters. The molecule has 0 radical (unpaired) electrons. The van der Waals surface area contributed by atoms with E-state index in [-0.39, 0.29) is 11.7 Å². The number of anilines is 1. The number of rotatable bonds is 6. The number of carbonyl (C=O) groups excluding carboxylic acids is 1. The minimum atomic E-state index is -0.367. The fourth-order valence-corrected chi connectivity index (χ4v) is 3.38. The molecule has 2 heterocycles. The third-order valence-corrected chi connectivity index (χ3v) is 4.89. The summed E-state index contributed by atoms with van der Waals surface area (Å²) in [5.74, 6) is 1.34. The average Bonchev–Trinajstić information content (AvgIpc) is 3.35. The smallest absolute Gasteiger partial charge is 0.296 e. The van der Waals surface area contributed by atoms with Crippen molar-refractivity contribution < 1.29 is 4.79 Å². The number of nitrogens with one attached hydrogen (secondary N) is 1. The van der Waals surface area contributed by atoms with Crippen LogP contribution in [0.25, 0.3) is 5.69 Å². The molecule has 7 heteroatoms. The number of hydrogen-bond acceptors (Lipinski definition) is 4. The van der Waals surface area contributed by atoms with Crippen molar-refractivity contribution in [3.8, 4) is 5.69 Å². The van der Waals surface area contributed by atoms with E-state index in [1.54, 1.807) is 21.6 Å². The maximum atomic E-state index is 12.8. The second-order valence-corrected chi connectivity index (χ2v) is 7.42. The van der Waals surface area contributed by atoms with Gasteiger partial charge in [-0.25, -0.2) is 14.3 Å². The van der Waals surface area contributed by atoms with Crippen LogP contribution in [0.4, 0.5) is 5.82 Å². The van der Waals surface area contributed by atoms with E-state index >= 15 is 0 Å². The molecule has 1 amide bonds. The van der Waals surface area contributed by atoms with E-state index in [1.807, 2.05) is 55.5 Å². The molecule has 0 spiro atoms. The number of benzene rings is 2. The maximum absolute atomic E-state index is 12.8. The second-order valence-electron chi connectivity index (χ2n) is 7.42. The van der Waals surface area contributed by atoms with E-state index in [1.165, 1.54) is 0 Å². The minimum Gasteiger partial charge on any atom is -0.304 e. The highest BCUT2D eigenvalue weighted by atomic mass is 16.2. The molecule has 2 aromatic heterocycles. The first kappa shape index (κ1) is 19.6. The van der Waals surface area contributed by atoms with Crippen LogP contribution in [0.3, 0.4) is 0 Å². The first-order valence-corrected chi connectivity index (χ1v) is 9.93. The Hall–Kier alpha value is -3.74. The fraction of sp³-hybridized carbons (Fsp3) is 0.217. The number of aromatic nitrogens is 5. The summed E-state index contributed by atoms with van der Waals surface area (Å²) in [6, 6.07) is 19.8. The van der Waals surface area contributed by atoms with Gasteiger partial charge in [-0.05, 0) is 30.0 Å². The van der Waals surface area contributed by atoms with Crippen molar-refractivity contribution >= 4 is 11.7 Å². The summed E-state index contributed by atoms with van der Waals surface area (Å²) in [5, 5.41) is 11.7. The predicted molar refractivity (Wildman–Crippen MR) is 116 cm³/mol. The summed E-state index contributed by atoms with van der Waals surface area (Å²) in [4.78, 5) is 17.2. The number of amides is 1. The molecule has 0 aliphatic heterocycles. The van der Waals surface area contributed by atoms with Gasteiger partial charge < -0.3 is 5.32 Å². The lowest BCUT2D eigenvalue weighted by Crippen LogP contribution is -2.18. The van der Waals surface area contributed by atoms with Crippen LogP contribution in [-0.2, 0) is 6.54 Å². The van der Waals surface area contributed by atoms with Crippen LogP contribution in [0.1, 0.15) is 47.3 Å². The SMILES string of the molecule is Cc1nc(C(=O)Nc2ccnn2Cc2ccccc2)nn1-c1ccccc1C(C)C. The monoisotopic (exact) mass is 400 g/mol. The van der Waals surface area contributed by atoms with Gasteiger partial charge in [0.15, 0.2) is 0 Å². The molecule has 4 aromatic rings. The first-order valence-electron chi connectivity index (χ1n) is 9.93. The Bertz CT molecular complexity index is 1160. The zero-order chi connectivity index (χ0) is 21.1. The lowest BCUT2D eigenvalue weighted by molar-refractivity contribution is 0.101. The first-order chi connectivity index (χ1) is 14.5. The van der Waals surface area contributed by atoms with Crippen molar-refractivity contribution in [1.29, 1.82) is 0 Å². The van der Waals surface area contributed by atoms with Gasteiger partial charge in [0.2, 0.25) is 5.82 Å². The van der Waals surface area contributed by atoms with Gasteiger partial charge in [0.25, 0.3) is 5.91 Å². The summed E-state index contributed by atoms with van der Waals surface area (Å²) in [6.45, 7) is 6.67. The summed E-state index contributed by atoms with van der Waals surface area (Å²) in [5.41, 5.74) is 3.18. The number of hydrogen-bond donors (Lipinski definition) is 1. The molecule has 0 bridgehead atoms. The Kier molecular flexibility index (Phi) is 5.43. The van der Waals surface area contributed by atoms with Crippen molar-refractivity contribution in [3.05, 3.63) is 89.6 Å². The quantitative estimate of drug-likeness (QED) is 0.526. The van der Waals surface area contributed by atoms with Gasteiger partial charge in [0, 0.05) is 6.07 Å². The molecular weight excluding hydrogens is 376 g/mol. The molecule has 0 saturated heterocycles. The van der Waals surface area contributed by atoms with Gasteiger partial charge in [0.05, 0.1) is 18.4 Å². The second kappa shape index (κ2) is 8.32. The van der Waals surface area contributed by atoms with Crippen LogP contribution in [0, 0.1) is 6.92 Å². The van der Waals surface area contributed by atoms with Gasteiger partial charge in [-0.3, -0.25) is 4.79 Å². The standard InChI is InChI=1S/C23H24N6O/c1-16(2)19-11-7-8-12-20(19)29-17(3)25-22(27-29)23(30)26-21-13-14-24-28(21)15-18-9-5-4-6-10-18/h4-14,16H,15H2,1-3H3,(H,26,30). The van der Waals surface area contributed by atoms with E-state index in [2.05, 4.69) is 40.4 Å². The van der Waals surface area contributed by atoms with Crippen molar-refractivity contribution in [3.63, 3.8) is 0 Å². The van der Waals surface area contributed by atoms with E-state index in [9.17, 15) is 4.79 Å². The Morgan fingerprint density at radius 3 is 2.53 bits per heavy atom. The molecule has 0 aliphatic carbocycles. The van der Waals surface area contributed by atoms with Crippen LogP contribution < -0.4 is 5.32 Å². The molecule has 2 aromatic carbocycles. The van der Waals surface area contributed by atoms with Crippen molar-refractivity contribution in [2.24, 2.45) is 0 Å². The highest BCUT2D eigenvalue weighted by Gasteiger charge is 2.19. The molecule has 0 saturated carbocycles. The Labute approximate surface area is 175 Å². The molecule has 1 N–H and O–H groups in total. The fourth-order valence-electron chi connectivity index (χ4n) is 3.38. The molecule has 4 rings (SSSR count). The van der Waals surface area contributed by atoms with Gasteiger partial charge in [-0.1, -0.05) is 62.4 Å². The lowest BCUT2D eigenvalue weighted by Gasteiger charge is -2.12. The van der Waals surface area contributed by atoms with Crippen LogP contribution in [0.5, 0.6) is 0 Å². The highest BCUT2D eigenvalue weighted by molar-refractivity contribution is 6.01. The number of nitrogens with zero attached hydrogens (tertiary/aromatic N) is 5. The van der Waals surface area contributed by atoms with E-state index in [4.69, 9.17) is 0 Å². The molecule has 7 nitrogen and oxygen atoms in total. The largest absolute Gasteiger partial charge is 0.304 e. The van der Waals surface area contributed by atoms with E-state index < -0.39 is 0 Å². The minimum absolute atomic E-state index is 0.124. The Morgan fingerprint density at radius 2 is 1.77 bits per heavy atom. The van der Waals surface area contributed by atoms with Crippen molar-refractivity contribution in [2.75, 3.05) is 5.32 Å². The van der Waals surface area contributed by atoms with Gasteiger partial charge >= 0.3 is 0 Å². The average molecular weight is 400 g/mol. The normalized spacial score (nSPS) is 11.1. The lowest BCUT2D eigenvalue weighted by atomic mass is 10.0. The van der Waals surface area contributed by atoms with Crippen LogP contribution in [-0.4, -0.2) is 30.5 Å². The van der Waals surface area contributed by atoms with Crippen LogP contribution in [0.15, 0.2) is 66.9 Å². The molecule has 30 heavy (non-hydrogen) atoms. The Morgan fingerprint density at radius 1 is 1.03 bits per heavy atom. The molecule has 0 atom stereocenters. The van der Waals surface area contributed by atoms with Gasteiger partial charge in [0.1, 0.15) is 11.6 Å². The summed E-state index contributed by atoms with van der Waals surface area (Å²) >= 11 is 0. The highest BCUT2D eigenvalue weighted by Crippen LogP contribution is 2.23. The third kappa shape index (κ3) is 4.00. The van der Waals surface area contributed by atoms with Gasteiger partial charge in [-0.2, -0.15) is 5.10 Å². The van der Waals surface area contributed by atoms with Gasteiger partial charge in [-0.15, -0.1) is 5.10 Å². The van der Waals surface area contributed by atoms with E-state index in [0.29, 0.717) is 24.1 Å². The predicted octanol–water partition coefficient (Wildman–Crippen LogP) is 4.20. The zero-order valence-corrected chi connectivity index (χ0v) is 17.3. The topological polar surface area (TPSA) is 77.6 Å².